The molecule has 23 heavy (non-hydrogen) atoms. The monoisotopic (exact) mass is 311 g/mol. The van der Waals surface area contributed by atoms with Gasteiger partial charge in [-0.15, -0.1) is 0 Å². The fraction of sp³-hybridized carbons (Fsp3) is 0. The van der Waals surface area contributed by atoms with Crippen molar-refractivity contribution in [1.82, 2.24) is 0 Å². The molecule has 0 aliphatic carbocycles. The summed E-state index contributed by atoms with van der Waals surface area (Å²) in [7, 11) is 0. The van der Waals surface area contributed by atoms with Crippen molar-refractivity contribution < 1.29 is 15.0 Å². The van der Waals surface area contributed by atoms with Crippen molar-refractivity contribution in [3.05, 3.63) is 73.8 Å². The molecule has 2 aromatic carbocycles. The van der Waals surface area contributed by atoms with Gasteiger partial charge in [-0.05, 0) is 29.8 Å². The van der Waals surface area contributed by atoms with Gasteiger partial charge >= 0.3 is 0 Å². The number of nitro benzene ring substituents is 2. The van der Waals surface area contributed by atoms with Crippen molar-refractivity contribution in [3.63, 3.8) is 0 Å². The summed E-state index contributed by atoms with van der Waals surface area (Å²) in [5, 5.41) is 40.4. The van der Waals surface area contributed by atoms with Gasteiger partial charge in [-0.2, -0.15) is 5.26 Å². The lowest BCUT2D eigenvalue weighted by atomic mass is 10.0. The molecule has 0 amide bonds. The fourth-order valence-corrected chi connectivity index (χ4v) is 1.87. The third kappa shape index (κ3) is 3.48. The van der Waals surface area contributed by atoms with Gasteiger partial charge in [0.15, 0.2) is 0 Å². The number of rotatable bonds is 4. The van der Waals surface area contributed by atoms with Crippen LogP contribution < -0.4 is 0 Å². The minimum Gasteiger partial charge on any atom is -0.507 e. The van der Waals surface area contributed by atoms with Gasteiger partial charge in [0.1, 0.15) is 5.75 Å². The summed E-state index contributed by atoms with van der Waals surface area (Å²) in [5.74, 6) is -0.217. The molecule has 1 N–H and O–H groups in total. The Labute approximate surface area is 129 Å². The highest BCUT2D eigenvalue weighted by atomic mass is 16.6. The molecular formula is C15H9N3O5. The summed E-state index contributed by atoms with van der Waals surface area (Å²) < 4.78 is 0. The van der Waals surface area contributed by atoms with E-state index >= 15 is 0 Å². The fourth-order valence-electron chi connectivity index (χ4n) is 1.87. The van der Waals surface area contributed by atoms with Gasteiger partial charge < -0.3 is 5.11 Å². The number of hydrogen-bond acceptors (Lipinski definition) is 6. The van der Waals surface area contributed by atoms with E-state index in [1.54, 1.807) is 0 Å². The molecule has 2 rings (SSSR count). The number of nitro groups is 2. The number of aromatic hydroxyl groups is 1. The van der Waals surface area contributed by atoms with Crippen molar-refractivity contribution in [2.24, 2.45) is 0 Å². The second-order valence-corrected chi connectivity index (χ2v) is 4.47. The van der Waals surface area contributed by atoms with Gasteiger partial charge in [-0.3, -0.25) is 20.2 Å². The van der Waals surface area contributed by atoms with Crippen LogP contribution in [0.2, 0.25) is 0 Å². The molecule has 0 saturated heterocycles. The van der Waals surface area contributed by atoms with Crippen molar-refractivity contribution in [1.29, 1.82) is 5.26 Å². The highest BCUT2D eigenvalue weighted by Crippen LogP contribution is 2.28. The number of nitrogens with zero attached hydrogens (tertiary/aromatic N) is 3. The van der Waals surface area contributed by atoms with Crippen LogP contribution in [-0.4, -0.2) is 15.0 Å². The lowest BCUT2D eigenvalue weighted by molar-refractivity contribution is -0.385. The van der Waals surface area contributed by atoms with E-state index in [2.05, 4.69) is 0 Å². The first-order valence-electron chi connectivity index (χ1n) is 6.26. The van der Waals surface area contributed by atoms with Crippen molar-refractivity contribution in [3.8, 4) is 11.8 Å². The highest BCUT2D eigenvalue weighted by molar-refractivity contribution is 5.91. The van der Waals surface area contributed by atoms with E-state index in [-0.39, 0.29) is 28.3 Å². The Hall–Kier alpha value is -3.73. The number of allylic oxidation sites excluding steroid dienone is 1. The van der Waals surface area contributed by atoms with Gasteiger partial charge in [0.25, 0.3) is 11.4 Å². The van der Waals surface area contributed by atoms with Crippen LogP contribution in [-0.2, 0) is 0 Å². The van der Waals surface area contributed by atoms with Gasteiger partial charge in [0, 0.05) is 29.8 Å². The number of non-ortho nitro benzene ring substituents is 2. The molecule has 0 aromatic heterocycles. The maximum absolute atomic E-state index is 10.8. The van der Waals surface area contributed by atoms with Gasteiger partial charge in [0.05, 0.1) is 21.5 Å². The van der Waals surface area contributed by atoms with E-state index in [9.17, 15) is 30.6 Å². The molecule has 2 aromatic rings. The summed E-state index contributed by atoms with van der Waals surface area (Å²) in [6.07, 6.45) is 1.28. The smallest absolute Gasteiger partial charge is 0.270 e. The molecule has 0 radical (unpaired) electrons. The molecule has 0 heterocycles. The number of benzene rings is 2. The van der Waals surface area contributed by atoms with Crippen molar-refractivity contribution in [2.45, 2.75) is 0 Å². The summed E-state index contributed by atoms with van der Waals surface area (Å²) in [4.78, 5) is 20.2. The number of nitriles is 1. The third-order valence-electron chi connectivity index (χ3n) is 3.03. The molecule has 0 atom stereocenters. The quantitative estimate of drug-likeness (QED) is 0.399. The second kappa shape index (κ2) is 6.36. The zero-order valence-electron chi connectivity index (χ0n) is 11.5. The van der Waals surface area contributed by atoms with Crippen molar-refractivity contribution in [2.75, 3.05) is 0 Å². The molecule has 0 aliphatic rings. The molecule has 0 saturated carbocycles. The lowest BCUT2D eigenvalue weighted by Gasteiger charge is -2.02. The average molecular weight is 311 g/mol. The topological polar surface area (TPSA) is 130 Å². The lowest BCUT2D eigenvalue weighted by Crippen LogP contribution is -1.90. The van der Waals surface area contributed by atoms with E-state index in [1.165, 1.54) is 30.3 Å². The van der Waals surface area contributed by atoms with Crippen molar-refractivity contribution >= 4 is 23.0 Å². The minimum atomic E-state index is -0.616. The molecule has 0 spiro atoms. The molecule has 8 nitrogen and oxygen atoms in total. The van der Waals surface area contributed by atoms with E-state index in [0.717, 1.165) is 18.2 Å². The van der Waals surface area contributed by atoms with Crippen LogP contribution in [0, 0.1) is 31.6 Å². The van der Waals surface area contributed by atoms with Gasteiger partial charge in [0.2, 0.25) is 0 Å². The summed E-state index contributed by atoms with van der Waals surface area (Å²) in [6, 6.07) is 10.6. The number of phenolic OH excluding ortho intramolecular Hbond substituents is 1. The predicted octanol–water partition coefficient (Wildman–Crippen LogP) is 3.27. The molecular weight excluding hydrogens is 302 g/mol. The van der Waals surface area contributed by atoms with Crippen LogP contribution in [0.1, 0.15) is 11.1 Å². The van der Waals surface area contributed by atoms with Crippen LogP contribution in [0.4, 0.5) is 11.4 Å². The Morgan fingerprint density at radius 1 is 1.04 bits per heavy atom. The highest BCUT2D eigenvalue weighted by Gasteiger charge is 2.11. The SMILES string of the molecule is N#CC(=Cc1cc([N+](=O)[O-])ccc1O)c1ccc([N+](=O)[O-])cc1. The van der Waals surface area contributed by atoms with Crippen LogP contribution >= 0.6 is 0 Å². The zero-order valence-corrected chi connectivity index (χ0v) is 11.5. The largest absolute Gasteiger partial charge is 0.507 e. The van der Waals surface area contributed by atoms with Crippen LogP contribution in [0.5, 0.6) is 5.75 Å². The van der Waals surface area contributed by atoms with E-state index in [4.69, 9.17) is 0 Å². The Kier molecular flexibility index (Phi) is 4.33. The maximum Gasteiger partial charge on any atom is 0.270 e. The third-order valence-corrected chi connectivity index (χ3v) is 3.03. The van der Waals surface area contributed by atoms with Crippen LogP contribution in [0.15, 0.2) is 42.5 Å². The van der Waals surface area contributed by atoms with E-state index in [0.29, 0.717) is 5.56 Å². The molecule has 0 bridgehead atoms. The number of phenols is 1. The molecule has 8 heteroatoms. The molecule has 114 valence electrons. The first-order valence-corrected chi connectivity index (χ1v) is 6.26. The zero-order chi connectivity index (χ0) is 17.0. The first-order chi connectivity index (χ1) is 10.9. The maximum atomic E-state index is 10.8. The van der Waals surface area contributed by atoms with Crippen LogP contribution in [0.3, 0.4) is 0 Å². The Morgan fingerprint density at radius 2 is 1.61 bits per heavy atom. The normalized spacial score (nSPS) is 10.8. The number of hydrogen-bond donors (Lipinski definition) is 1. The molecule has 0 aliphatic heterocycles. The standard InChI is InChI=1S/C15H9N3O5/c16-9-12(10-1-3-13(4-2-10)17(20)21)7-11-8-14(18(22)23)5-6-15(11)19/h1-8,19H. The Balaban J connectivity index is 2.47. The second-order valence-electron chi connectivity index (χ2n) is 4.47. The van der Waals surface area contributed by atoms with Gasteiger partial charge in [-0.1, -0.05) is 0 Å². The van der Waals surface area contributed by atoms with E-state index < -0.39 is 9.85 Å². The molecule has 0 unspecified atom stereocenters. The summed E-state index contributed by atoms with van der Waals surface area (Å²) in [6.45, 7) is 0. The molecule has 0 fully saturated rings. The van der Waals surface area contributed by atoms with E-state index in [1.807, 2.05) is 6.07 Å². The Bertz CT molecular complexity index is 850. The summed E-state index contributed by atoms with van der Waals surface area (Å²) >= 11 is 0. The first kappa shape index (κ1) is 15.7. The van der Waals surface area contributed by atoms with Gasteiger partial charge in [-0.25, -0.2) is 0 Å². The average Bonchev–Trinajstić information content (AvgIpc) is 2.54. The van der Waals surface area contributed by atoms with Crippen LogP contribution in [0.25, 0.3) is 11.6 Å². The minimum absolute atomic E-state index is 0.106. The predicted molar refractivity (Wildman–Crippen MR) is 81.3 cm³/mol. The Morgan fingerprint density at radius 3 is 2.13 bits per heavy atom. The summed E-state index contributed by atoms with van der Waals surface area (Å²) in [5.41, 5.74) is 0.257.